The lowest BCUT2D eigenvalue weighted by Gasteiger charge is -1.94. The molecule has 1 heterocycles. The highest BCUT2D eigenvalue weighted by Crippen LogP contribution is 2.21. The summed E-state index contributed by atoms with van der Waals surface area (Å²) in [6.45, 7) is 0.0656. The lowest BCUT2D eigenvalue weighted by molar-refractivity contribution is 0.298. The van der Waals surface area contributed by atoms with Crippen LogP contribution in [-0.2, 0) is 6.42 Å². The number of aromatic amines is 1. The van der Waals surface area contributed by atoms with Crippen molar-refractivity contribution in [1.29, 1.82) is 0 Å². The van der Waals surface area contributed by atoms with Crippen molar-refractivity contribution >= 4 is 11.6 Å². The van der Waals surface area contributed by atoms with Crippen molar-refractivity contribution in [1.82, 2.24) is 9.97 Å². The molecule has 0 atom stereocenters. The van der Waals surface area contributed by atoms with Crippen molar-refractivity contribution < 1.29 is 5.11 Å². The van der Waals surface area contributed by atoms with E-state index in [9.17, 15) is 0 Å². The lowest BCUT2D eigenvalue weighted by atomic mass is 10.2. The second-order valence-corrected chi connectivity index (χ2v) is 3.55. The van der Waals surface area contributed by atoms with Gasteiger partial charge in [-0.15, -0.1) is 0 Å². The highest BCUT2D eigenvalue weighted by molar-refractivity contribution is 6.30. The van der Waals surface area contributed by atoms with Crippen LogP contribution in [0.25, 0.3) is 11.4 Å². The van der Waals surface area contributed by atoms with E-state index in [4.69, 9.17) is 16.7 Å². The van der Waals surface area contributed by atoms with E-state index < -0.39 is 0 Å². The van der Waals surface area contributed by atoms with Gasteiger partial charge in [0.2, 0.25) is 0 Å². The standard InChI is InChI=1S/C11H11ClN2O/c12-10-9(6-7-15)13-11(14-10)8-4-2-1-3-5-8/h1-5,15H,6-7H2,(H,13,14). The molecule has 2 rings (SSSR count). The van der Waals surface area contributed by atoms with Crippen molar-refractivity contribution in [3.8, 4) is 11.4 Å². The maximum Gasteiger partial charge on any atom is 0.150 e. The number of nitrogens with zero attached hydrogens (tertiary/aromatic N) is 1. The van der Waals surface area contributed by atoms with Gasteiger partial charge in [0.1, 0.15) is 5.82 Å². The molecule has 0 saturated carbocycles. The van der Waals surface area contributed by atoms with Crippen LogP contribution in [0.2, 0.25) is 5.15 Å². The normalized spacial score (nSPS) is 10.5. The van der Waals surface area contributed by atoms with Gasteiger partial charge in [0, 0.05) is 18.6 Å². The number of aromatic nitrogens is 2. The van der Waals surface area contributed by atoms with Gasteiger partial charge in [-0.1, -0.05) is 41.9 Å². The van der Waals surface area contributed by atoms with Gasteiger partial charge in [-0.3, -0.25) is 0 Å². The maximum absolute atomic E-state index is 8.82. The van der Waals surface area contributed by atoms with Gasteiger partial charge >= 0.3 is 0 Å². The largest absolute Gasteiger partial charge is 0.396 e. The van der Waals surface area contributed by atoms with E-state index in [0.717, 1.165) is 17.1 Å². The molecule has 2 N–H and O–H groups in total. The summed E-state index contributed by atoms with van der Waals surface area (Å²) in [7, 11) is 0. The molecule has 0 unspecified atom stereocenters. The van der Waals surface area contributed by atoms with Crippen LogP contribution < -0.4 is 0 Å². The molecule has 0 fully saturated rings. The molecule has 0 radical (unpaired) electrons. The van der Waals surface area contributed by atoms with E-state index in [-0.39, 0.29) is 6.61 Å². The molecule has 4 heteroatoms. The maximum atomic E-state index is 8.82. The van der Waals surface area contributed by atoms with Crippen LogP contribution in [0.3, 0.4) is 0 Å². The highest BCUT2D eigenvalue weighted by Gasteiger charge is 2.08. The molecule has 1 aromatic carbocycles. The zero-order valence-electron chi connectivity index (χ0n) is 8.07. The first kappa shape index (κ1) is 10.2. The number of aliphatic hydroxyl groups is 1. The first-order valence-electron chi connectivity index (χ1n) is 4.72. The van der Waals surface area contributed by atoms with Gasteiger partial charge in [-0.05, 0) is 0 Å². The Kier molecular flexibility index (Phi) is 3.04. The second-order valence-electron chi connectivity index (χ2n) is 3.19. The lowest BCUT2D eigenvalue weighted by Crippen LogP contribution is -1.91. The highest BCUT2D eigenvalue weighted by atomic mass is 35.5. The molecule has 0 saturated heterocycles. The molecule has 1 aromatic heterocycles. The third kappa shape index (κ3) is 2.19. The quantitative estimate of drug-likeness (QED) is 0.837. The summed E-state index contributed by atoms with van der Waals surface area (Å²) in [6.07, 6.45) is 0.499. The molecular formula is C11H11ClN2O. The Morgan fingerprint density at radius 3 is 2.67 bits per heavy atom. The minimum absolute atomic E-state index is 0.0656. The predicted octanol–water partition coefficient (Wildman–Crippen LogP) is 2.26. The van der Waals surface area contributed by atoms with E-state index in [0.29, 0.717) is 11.6 Å². The third-order valence-electron chi connectivity index (χ3n) is 2.14. The molecule has 0 aliphatic rings. The van der Waals surface area contributed by atoms with E-state index >= 15 is 0 Å². The van der Waals surface area contributed by atoms with E-state index in [1.165, 1.54) is 0 Å². The molecule has 0 aliphatic carbocycles. The van der Waals surface area contributed by atoms with Crippen LogP contribution >= 0.6 is 11.6 Å². The van der Waals surface area contributed by atoms with Gasteiger partial charge in [-0.2, -0.15) is 0 Å². The van der Waals surface area contributed by atoms with E-state index in [1.54, 1.807) is 0 Å². The molecule has 0 amide bonds. The first-order chi connectivity index (χ1) is 7.31. The van der Waals surface area contributed by atoms with Crippen LogP contribution in [0, 0.1) is 0 Å². The Bertz CT molecular complexity index is 439. The topological polar surface area (TPSA) is 48.9 Å². The van der Waals surface area contributed by atoms with Crippen molar-refractivity contribution in [3.63, 3.8) is 0 Å². The van der Waals surface area contributed by atoms with Crippen LogP contribution in [-0.4, -0.2) is 21.7 Å². The Balaban J connectivity index is 2.34. The SMILES string of the molecule is OCCc1[nH]c(-c2ccccc2)nc1Cl. The van der Waals surface area contributed by atoms with Crippen LogP contribution in [0.4, 0.5) is 0 Å². The zero-order chi connectivity index (χ0) is 10.7. The minimum atomic E-state index is 0.0656. The Morgan fingerprint density at radius 2 is 2.00 bits per heavy atom. The molecule has 2 aromatic rings. The summed E-state index contributed by atoms with van der Waals surface area (Å²) in [5, 5.41) is 9.25. The predicted molar refractivity (Wildman–Crippen MR) is 59.8 cm³/mol. The van der Waals surface area contributed by atoms with Crippen LogP contribution in [0.1, 0.15) is 5.69 Å². The molecular weight excluding hydrogens is 212 g/mol. The number of rotatable bonds is 3. The molecule has 0 spiro atoms. The number of H-pyrrole nitrogens is 1. The summed E-state index contributed by atoms with van der Waals surface area (Å²) in [5.74, 6) is 0.740. The summed E-state index contributed by atoms with van der Waals surface area (Å²) in [5.41, 5.74) is 1.77. The van der Waals surface area contributed by atoms with Crippen molar-refractivity contribution in [2.24, 2.45) is 0 Å². The monoisotopic (exact) mass is 222 g/mol. The third-order valence-corrected chi connectivity index (χ3v) is 2.45. The fraction of sp³-hybridized carbons (Fsp3) is 0.182. The second kappa shape index (κ2) is 4.47. The van der Waals surface area contributed by atoms with Gasteiger partial charge in [0.05, 0.1) is 5.69 Å². The van der Waals surface area contributed by atoms with Gasteiger partial charge in [0.25, 0.3) is 0 Å². The fourth-order valence-corrected chi connectivity index (χ4v) is 1.62. The Hall–Kier alpha value is -1.32. The summed E-state index contributed by atoms with van der Waals surface area (Å²) < 4.78 is 0. The number of imidazole rings is 1. The Morgan fingerprint density at radius 1 is 1.27 bits per heavy atom. The number of hydrogen-bond donors (Lipinski definition) is 2. The summed E-state index contributed by atoms with van der Waals surface area (Å²) in [4.78, 5) is 7.29. The van der Waals surface area contributed by atoms with Crippen molar-refractivity contribution in [2.75, 3.05) is 6.61 Å². The van der Waals surface area contributed by atoms with Crippen molar-refractivity contribution in [2.45, 2.75) is 6.42 Å². The van der Waals surface area contributed by atoms with Crippen molar-refractivity contribution in [3.05, 3.63) is 41.2 Å². The Labute approximate surface area is 92.7 Å². The molecule has 78 valence electrons. The summed E-state index contributed by atoms with van der Waals surface area (Å²) >= 11 is 5.92. The number of halogens is 1. The van der Waals surface area contributed by atoms with Gasteiger partial charge in [-0.25, -0.2) is 4.98 Å². The van der Waals surface area contributed by atoms with Crippen LogP contribution in [0.5, 0.6) is 0 Å². The van der Waals surface area contributed by atoms with Crippen LogP contribution in [0.15, 0.2) is 30.3 Å². The zero-order valence-corrected chi connectivity index (χ0v) is 8.83. The smallest absolute Gasteiger partial charge is 0.150 e. The number of hydrogen-bond acceptors (Lipinski definition) is 2. The number of nitrogens with one attached hydrogen (secondary N) is 1. The fourth-order valence-electron chi connectivity index (χ4n) is 1.40. The number of benzene rings is 1. The number of aliphatic hydroxyl groups excluding tert-OH is 1. The van der Waals surface area contributed by atoms with Gasteiger partial charge in [0.15, 0.2) is 5.15 Å². The van der Waals surface area contributed by atoms with E-state index in [1.807, 2.05) is 30.3 Å². The molecule has 0 aliphatic heterocycles. The molecule has 15 heavy (non-hydrogen) atoms. The molecule has 0 bridgehead atoms. The average molecular weight is 223 g/mol. The van der Waals surface area contributed by atoms with E-state index in [2.05, 4.69) is 9.97 Å². The molecule has 3 nitrogen and oxygen atoms in total. The first-order valence-corrected chi connectivity index (χ1v) is 5.09. The minimum Gasteiger partial charge on any atom is -0.396 e. The average Bonchev–Trinajstić information content (AvgIpc) is 2.63. The van der Waals surface area contributed by atoms with Gasteiger partial charge < -0.3 is 10.1 Å². The summed E-state index contributed by atoms with van der Waals surface area (Å²) in [6, 6.07) is 9.74.